The van der Waals surface area contributed by atoms with Gasteiger partial charge in [0.25, 0.3) is 5.91 Å². The third-order valence-corrected chi connectivity index (χ3v) is 10.4. The number of carboxylic acid groups (broad SMARTS) is 1. The van der Waals surface area contributed by atoms with Crippen LogP contribution in [0.4, 0.5) is 0 Å². The molecule has 0 aromatic heterocycles. The Hall–Kier alpha value is -2.40. The minimum Gasteiger partial charge on any atom is -0.480 e. The zero-order valence-corrected chi connectivity index (χ0v) is 26.5. The minimum atomic E-state index is -3.38. The zero-order chi connectivity index (χ0) is 30.3. The molecule has 1 heterocycles. The molecule has 8 nitrogen and oxygen atoms in total. The van der Waals surface area contributed by atoms with Gasteiger partial charge in [0.1, 0.15) is 15.9 Å². The minimum absolute atomic E-state index is 0.201. The maximum Gasteiger partial charge on any atom is 0.326 e. The summed E-state index contributed by atoms with van der Waals surface area (Å²) in [5, 5.41) is 12.8. The number of hydrogen-bond donors (Lipinski definition) is 2. The predicted molar refractivity (Wildman–Crippen MR) is 169 cm³/mol. The third kappa shape index (κ3) is 9.05. The second-order valence-corrected chi connectivity index (χ2v) is 15.1. The molecule has 1 amide bonds. The van der Waals surface area contributed by atoms with E-state index in [1.807, 2.05) is 55.1 Å². The second-order valence-electron chi connectivity index (χ2n) is 11.7. The number of aryl methyl sites for hydroxylation is 1. The lowest BCUT2D eigenvalue weighted by Crippen LogP contribution is -2.42. The van der Waals surface area contributed by atoms with E-state index in [-0.39, 0.29) is 12.2 Å². The lowest BCUT2D eigenvalue weighted by Gasteiger charge is -2.28. The van der Waals surface area contributed by atoms with E-state index in [2.05, 4.69) is 16.5 Å². The van der Waals surface area contributed by atoms with Crippen molar-refractivity contribution in [2.45, 2.75) is 81.9 Å². The number of likely N-dealkylation sites (tertiary alicyclic amines) is 1. The number of amides is 1. The Bertz CT molecular complexity index is 1340. The van der Waals surface area contributed by atoms with Gasteiger partial charge in [0.05, 0.1) is 18.5 Å². The summed E-state index contributed by atoms with van der Waals surface area (Å²) >= 11 is 1.90. The monoisotopic (exact) mass is 616 g/mol. The summed E-state index contributed by atoms with van der Waals surface area (Å²) in [6.45, 7) is 4.42. The summed E-state index contributed by atoms with van der Waals surface area (Å²) in [5.41, 5.74) is 4.05. The number of sulfone groups is 1. The van der Waals surface area contributed by atoms with Crippen molar-refractivity contribution in [1.82, 2.24) is 10.2 Å². The smallest absolute Gasteiger partial charge is 0.326 e. The van der Waals surface area contributed by atoms with Crippen LogP contribution in [0.1, 0.15) is 66.4 Å². The number of nitrogens with one attached hydrogen (secondary N) is 1. The molecular formula is C32H44N2O6S2. The van der Waals surface area contributed by atoms with Crippen LogP contribution in [0.3, 0.4) is 0 Å². The number of hydrogen-bond acceptors (Lipinski definition) is 7. The average molecular weight is 617 g/mol. The summed E-state index contributed by atoms with van der Waals surface area (Å²) < 4.78 is 29.7. The van der Waals surface area contributed by atoms with E-state index >= 15 is 0 Å². The van der Waals surface area contributed by atoms with Gasteiger partial charge in [0.15, 0.2) is 0 Å². The Labute approximate surface area is 254 Å². The molecule has 2 aromatic carbocycles. The maximum absolute atomic E-state index is 13.5. The van der Waals surface area contributed by atoms with E-state index < -0.39 is 27.8 Å². The first-order chi connectivity index (χ1) is 20.0. The van der Waals surface area contributed by atoms with Crippen LogP contribution >= 0.6 is 11.8 Å². The van der Waals surface area contributed by atoms with Crippen LogP contribution in [-0.4, -0.2) is 85.2 Å². The number of benzene rings is 2. The van der Waals surface area contributed by atoms with Gasteiger partial charge in [-0.05, 0) is 73.2 Å². The van der Waals surface area contributed by atoms with Gasteiger partial charge >= 0.3 is 5.97 Å². The fraction of sp³-hybridized carbons (Fsp3) is 0.562. The molecule has 2 fully saturated rings. The molecule has 1 saturated heterocycles. The largest absolute Gasteiger partial charge is 0.480 e. The molecule has 0 spiro atoms. The molecule has 1 aliphatic carbocycles. The van der Waals surface area contributed by atoms with Crippen molar-refractivity contribution in [2.75, 3.05) is 31.4 Å². The van der Waals surface area contributed by atoms with Gasteiger partial charge in [-0.25, -0.2) is 13.2 Å². The quantitative estimate of drug-likeness (QED) is 0.326. The molecule has 4 rings (SSSR count). The SMILES string of the molecule is CSC1C[C@H](COC2CCCCC2)N(Cc2ccc(C(=O)N[C@@H](CCS(C)(=O)=O)C(=O)O)c(-c3ccccc3C)c2)C1. The first-order valence-corrected chi connectivity index (χ1v) is 18.2. The van der Waals surface area contributed by atoms with Crippen LogP contribution in [0.2, 0.25) is 0 Å². The van der Waals surface area contributed by atoms with Crippen LogP contribution in [-0.2, 0) is 25.9 Å². The van der Waals surface area contributed by atoms with Gasteiger partial charge < -0.3 is 15.2 Å². The van der Waals surface area contributed by atoms with Crippen molar-refractivity contribution in [2.24, 2.45) is 0 Å². The molecule has 1 saturated carbocycles. The Kier molecular flexibility index (Phi) is 11.5. The normalized spacial score (nSPS) is 20.8. The van der Waals surface area contributed by atoms with Crippen molar-refractivity contribution < 1.29 is 27.9 Å². The topological polar surface area (TPSA) is 113 Å². The summed E-state index contributed by atoms with van der Waals surface area (Å²) in [6, 6.07) is 12.6. The Morgan fingerprint density at radius 1 is 1.12 bits per heavy atom. The van der Waals surface area contributed by atoms with E-state index in [0.717, 1.165) is 67.5 Å². The highest BCUT2D eigenvalue weighted by atomic mass is 32.2. The van der Waals surface area contributed by atoms with E-state index in [1.54, 1.807) is 6.07 Å². The standard InChI is InChI=1S/C32H44N2O6S2/c1-22-9-7-8-12-27(22)29-17-23(13-14-28(29)31(35)33-30(32(36)37)15-16-42(3,38)39)19-34-20-26(41-2)18-24(34)21-40-25-10-5-4-6-11-25/h7-9,12-14,17,24-26,30H,4-6,10-11,15-16,18-21H2,1-3H3,(H,33,35)(H,36,37)/t24-,26?,30+/m1/s1. The number of rotatable bonds is 13. The van der Waals surface area contributed by atoms with Gasteiger partial charge in [-0.15, -0.1) is 0 Å². The number of ether oxygens (including phenoxy) is 1. The maximum atomic E-state index is 13.5. The number of carbonyl (C=O) groups is 2. The molecule has 3 atom stereocenters. The molecule has 0 radical (unpaired) electrons. The number of thioether (sulfide) groups is 1. The van der Waals surface area contributed by atoms with Crippen molar-refractivity contribution in [1.29, 1.82) is 0 Å². The second kappa shape index (κ2) is 14.9. The van der Waals surface area contributed by atoms with Crippen LogP contribution < -0.4 is 5.32 Å². The molecule has 2 N–H and O–H groups in total. The van der Waals surface area contributed by atoms with Gasteiger partial charge in [-0.3, -0.25) is 9.69 Å². The van der Waals surface area contributed by atoms with Crippen molar-refractivity contribution in [3.8, 4) is 11.1 Å². The summed E-state index contributed by atoms with van der Waals surface area (Å²) in [5.74, 6) is -2.13. The van der Waals surface area contributed by atoms with Crippen LogP contribution in [0, 0.1) is 6.92 Å². The average Bonchev–Trinajstić information content (AvgIpc) is 3.35. The molecule has 2 aliphatic rings. The number of carboxylic acids is 1. The predicted octanol–water partition coefficient (Wildman–Crippen LogP) is 4.93. The third-order valence-electron chi connectivity index (χ3n) is 8.43. The number of carbonyl (C=O) groups excluding carboxylic acids is 1. The van der Waals surface area contributed by atoms with Gasteiger partial charge in [-0.1, -0.05) is 49.6 Å². The first-order valence-electron chi connectivity index (χ1n) is 14.8. The van der Waals surface area contributed by atoms with Crippen molar-refractivity contribution >= 4 is 33.5 Å². The highest BCUT2D eigenvalue weighted by Gasteiger charge is 2.33. The highest BCUT2D eigenvalue weighted by Crippen LogP contribution is 2.32. The Morgan fingerprint density at radius 3 is 2.52 bits per heavy atom. The summed E-state index contributed by atoms with van der Waals surface area (Å²) in [6.07, 6.45) is 10.6. The van der Waals surface area contributed by atoms with Crippen molar-refractivity contribution in [3.63, 3.8) is 0 Å². The molecule has 0 bridgehead atoms. The molecule has 42 heavy (non-hydrogen) atoms. The molecule has 1 unspecified atom stereocenters. The number of aliphatic carboxylic acids is 1. The fourth-order valence-corrected chi connectivity index (χ4v) is 7.42. The molecular weight excluding hydrogens is 572 g/mol. The van der Waals surface area contributed by atoms with Crippen molar-refractivity contribution in [3.05, 3.63) is 59.2 Å². The molecule has 230 valence electrons. The van der Waals surface area contributed by atoms with E-state index in [4.69, 9.17) is 4.74 Å². The Balaban J connectivity index is 1.57. The summed E-state index contributed by atoms with van der Waals surface area (Å²) in [4.78, 5) is 27.8. The lowest BCUT2D eigenvalue weighted by atomic mass is 9.93. The van der Waals surface area contributed by atoms with E-state index in [0.29, 0.717) is 23.0 Å². The lowest BCUT2D eigenvalue weighted by molar-refractivity contribution is -0.139. The van der Waals surface area contributed by atoms with Crippen LogP contribution in [0.25, 0.3) is 11.1 Å². The first kappa shape index (κ1) is 32.5. The molecule has 2 aromatic rings. The van der Waals surface area contributed by atoms with Crippen LogP contribution in [0.5, 0.6) is 0 Å². The van der Waals surface area contributed by atoms with Gasteiger partial charge in [0, 0.05) is 36.2 Å². The zero-order valence-electron chi connectivity index (χ0n) is 24.9. The number of nitrogens with zero attached hydrogens (tertiary/aromatic N) is 1. The highest BCUT2D eigenvalue weighted by molar-refractivity contribution is 7.99. The molecule has 1 aliphatic heterocycles. The fourth-order valence-electron chi connectivity index (χ4n) is 6.00. The van der Waals surface area contributed by atoms with E-state index in [9.17, 15) is 23.1 Å². The van der Waals surface area contributed by atoms with Gasteiger partial charge in [-0.2, -0.15) is 11.8 Å². The molecule has 10 heteroatoms. The van der Waals surface area contributed by atoms with Crippen LogP contribution in [0.15, 0.2) is 42.5 Å². The van der Waals surface area contributed by atoms with Gasteiger partial charge in [0.2, 0.25) is 0 Å². The Morgan fingerprint density at radius 2 is 1.86 bits per heavy atom. The van der Waals surface area contributed by atoms with E-state index in [1.165, 1.54) is 19.3 Å². The summed E-state index contributed by atoms with van der Waals surface area (Å²) in [7, 11) is -3.38.